The van der Waals surface area contributed by atoms with Gasteiger partial charge in [0.1, 0.15) is 0 Å². The third kappa shape index (κ3) is 4.44. The summed E-state index contributed by atoms with van der Waals surface area (Å²) >= 11 is 0. The van der Waals surface area contributed by atoms with Crippen LogP contribution in [0.4, 0.5) is 0 Å². The average Bonchev–Trinajstić information content (AvgIpc) is 2.40. The summed E-state index contributed by atoms with van der Waals surface area (Å²) in [5, 5.41) is 3.75. The molecule has 20 heavy (non-hydrogen) atoms. The lowest BCUT2D eigenvalue weighted by Crippen LogP contribution is -2.56. The number of nitrogens with zero attached hydrogens (tertiary/aromatic N) is 2. The highest BCUT2D eigenvalue weighted by Gasteiger charge is 2.39. The Hall–Kier alpha value is -0.120. The monoisotopic (exact) mass is 281 g/mol. The summed E-state index contributed by atoms with van der Waals surface area (Å²) in [6.07, 6.45) is 12.6. The molecule has 1 N–H and O–H groups in total. The quantitative estimate of drug-likeness (QED) is 0.690. The minimum Gasteiger partial charge on any atom is -0.314 e. The number of hydrogen-bond donors (Lipinski definition) is 1. The maximum Gasteiger partial charge on any atom is 0.0330 e. The zero-order valence-electron chi connectivity index (χ0n) is 14.0. The van der Waals surface area contributed by atoms with E-state index in [1.807, 2.05) is 0 Å². The molecule has 0 saturated heterocycles. The van der Waals surface area contributed by atoms with E-state index in [1.165, 1.54) is 77.4 Å². The third-order valence-corrected chi connectivity index (χ3v) is 5.55. The van der Waals surface area contributed by atoms with Crippen LogP contribution in [0.5, 0.6) is 0 Å². The second-order valence-corrected chi connectivity index (χ2v) is 7.35. The Balaban J connectivity index is 1.56. The molecule has 0 atom stereocenters. The Morgan fingerprint density at radius 2 is 1.70 bits per heavy atom. The summed E-state index contributed by atoms with van der Waals surface area (Å²) in [6, 6.07) is 0.814. The zero-order chi connectivity index (χ0) is 14.4. The largest absolute Gasteiger partial charge is 0.314 e. The van der Waals surface area contributed by atoms with Crippen LogP contribution in [0.15, 0.2) is 0 Å². The predicted molar refractivity (Wildman–Crippen MR) is 87.3 cm³/mol. The fourth-order valence-corrected chi connectivity index (χ4v) is 3.88. The Labute approximate surface area is 126 Å². The van der Waals surface area contributed by atoms with Crippen molar-refractivity contribution >= 4 is 0 Å². The van der Waals surface area contributed by atoms with E-state index in [0.29, 0.717) is 5.54 Å². The van der Waals surface area contributed by atoms with Crippen LogP contribution in [0.1, 0.15) is 57.8 Å². The van der Waals surface area contributed by atoms with Gasteiger partial charge in [0, 0.05) is 18.1 Å². The predicted octanol–water partition coefficient (Wildman–Crippen LogP) is 2.71. The van der Waals surface area contributed by atoms with Crippen molar-refractivity contribution in [2.45, 2.75) is 69.4 Å². The molecule has 3 nitrogen and oxygen atoms in total. The normalized spacial score (nSPS) is 23.2. The lowest BCUT2D eigenvalue weighted by Gasteiger charge is -2.49. The van der Waals surface area contributed by atoms with Gasteiger partial charge in [0.15, 0.2) is 0 Å². The Morgan fingerprint density at radius 1 is 1.00 bits per heavy atom. The molecule has 2 saturated carbocycles. The highest BCUT2D eigenvalue weighted by Crippen LogP contribution is 2.36. The molecule has 0 aromatic rings. The number of hydrogen-bond acceptors (Lipinski definition) is 3. The van der Waals surface area contributed by atoms with Crippen LogP contribution in [0, 0.1) is 0 Å². The lowest BCUT2D eigenvalue weighted by atomic mass is 9.75. The molecule has 0 amide bonds. The molecule has 0 aromatic heterocycles. The van der Waals surface area contributed by atoms with Gasteiger partial charge in [-0.25, -0.2) is 0 Å². The summed E-state index contributed by atoms with van der Waals surface area (Å²) in [5.41, 5.74) is 0.478. The molecular weight excluding hydrogens is 246 g/mol. The molecule has 3 heteroatoms. The van der Waals surface area contributed by atoms with Crippen LogP contribution in [-0.2, 0) is 0 Å². The van der Waals surface area contributed by atoms with Crippen LogP contribution in [0.2, 0.25) is 0 Å². The molecule has 0 aromatic carbocycles. The second kappa shape index (κ2) is 7.77. The average molecular weight is 281 g/mol. The van der Waals surface area contributed by atoms with E-state index < -0.39 is 0 Å². The van der Waals surface area contributed by atoms with Gasteiger partial charge in [-0.2, -0.15) is 0 Å². The highest BCUT2D eigenvalue weighted by molar-refractivity contribution is 4.97. The van der Waals surface area contributed by atoms with E-state index in [1.54, 1.807) is 0 Å². The van der Waals surface area contributed by atoms with Crippen molar-refractivity contribution in [2.75, 3.05) is 40.8 Å². The Morgan fingerprint density at radius 3 is 2.25 bits per heavy atom. The molecule has 0 bridgehead atoms. The molecule has 2 rings (SSSR count). The van der Waals surface area contributed by atoms with Gasteiger partial charge < -0.3 is 15.1 Å². The van der Waals surface area contributed by atoms with Crippen molar-refractivity contribution in [1.29, 1.82) is 0 Å². The van der Waals surface area contributed by atoms with Crippen molar-refractivity contribution in [3.63, 3.8) is 0 Å². The summed E-state index contributed by atoms with van der Waals surface area (Å²) in [6.45, 7) is 3.67. The van der Waals surface area contributed by atoms with Crippen LogP contribution < -0.4 is 5.32 Å². The molecule has 0 spiro atoms. The molecule has 0 aliphatic heterocycles. The van der Waals surface area contributed by atoms with Crippen LogP contribution in [0.3, 0.4) is 0 Å². The van der Waals surface area contributed by atoms with E-state index >= 15 is 0 Å². The van der Waals surface area contributed by atoms with Gasteiger partial charge in [0.05, 0.1) is 0 Å². The van der Waals surface area contributed by atoms with Crippen molar-refractivity contribution < 1.29 is 0 Å². The first-order valence-corrected chi connectivity index (χ1v) is 8.72. The van der Waals surface area contributed by atoms with E-state index in [2.05, 4.69) is 36.3 Å². The van der Waals surface area contributed by atoms with Gasteiger partial charge in [-0.1, -0.05) is 19.3 Å². The summed E-state index contributed by atoms with van der Waals surface area (Å²) in [7, 11) is 6.79. The summed E-state index contributed by atoms with van der Waals surface area (Å²) in [4.78, 5) is 5.00. The lowest BCUT2D eigenvalue weighted by molar-refractivity contribution is 0.0276. The van der Waals surface area contributed by atoms with Crippen molar-refractivity contribution in [2.24, 2.45) is 0 Å². The first-order chi connectivity index (χ1) is 9.62. The molecular formula is C17H35N3. The van der Waals surface area contributed by atoms with E-state index in [0.717, 1.165) is 6.04 Å². The van der Waals surface area contributed by atoms with Gasteiger partial charge in [-0.05, 0) is 72.8 Å². The second-order valence-electron chi connectivity index (χ2n) is 7.35. The van der Waals surface area contributed by atoms with Crippen LogP contribution in [0.25, 0.3) is 0 Å². The third-order valence-electron chi connectivity index (χ3n) is 5.55. The molecule has 0 heterocycles. The maximum atomic E-state index is 3.75. The SMILES string of the molecule is CN(CCCNC1CCCCC1)CC1(N(C)C)CCC1. The minimum atomic E-state index is 0.478. The van der Waals surface area contributed by atoms with E-state index in [9.17, 15) is 0 Å². The van der Waals surface area contributed by atoms with Gasteiger partial charge in [0.25, 0.3) is 0 Å². The minimum absolute atomic E-state index is 0.478. The van der Waals surface area contributed by atoms with E-state index in [-0.39, 0.29) is 0 Å². The molecule has 118 valence electrons. The summed E-state index contributed by atoms with van der Waals surface area (Å²) in [5.74, 6) is 0. The van der Waals surface area contributed by atoms with Gasteiger partial charge in [-0.3, -0.25) is 0 Å². The topological polar surface area (TPSA) is 18.5 Å². The smallest absolute Gasteiger partial charge is 0.0330 e. The fourth-order valence-electron chi connectivity index (χ4n) is 3.88. The molecule has 2 aliphatic carbocycles. The zero-order valence-corrected chi connectivity index (χ0v) is 14.0. The summed E-state index contributed by atoms with van der Waals surface area (Å²) < 4.78 is 0. The Bertz CT molecular complexity index is 267. The van der Waals surface area contributed by atoms with Crippen molar-refractivity contribution in [1.82, 2.24) is 15.1 Å². The standard InChI is InChI=1S/C17H35N3/c1-19(2)17(11-7-12-17)15-20(3)14-8-13-18-16-9-5-4-6-10-16/h16,18H,4-15H2,1-3H3. The fraction of sp³-hybridized carbons (Fsp3) is 1.00. The highest BCUT2D eigenvalue weighted by atomic mass is 15.2. The van der Waals surface area contributed by atoms with Crippen LogP contribution in [-0.4, -0.2) is 62.2 Å². The Kier molecular flexibility index (Phi) is 6.31. The first-order valence-electron chi connectivity index (χ1n) is 8.72. The van der Waals surface area contributed by atoms with E-state index in [4.69, 9.17) is 0 Å². The van der Waals surface area contributed by atoms with Gasteiger partial charge >= 0.3 is 0 Å². The van der Waals surface area contributed by atoms with Crippen molar-refractivity contribution in [3.05, 3.63) is 0 Å². The molecule has 0 unspecified atom stereocenters. The van der Waals surface area contributed by atoms with Gasteiger partial charge in [0.2, 0.25) is 0 Å². The number of nitrogens with one attached hydrogen (secondary N) is 1. The van der Waals surface area contributed by atoms with Gasteiger partial charge in [-0.15, -0.1) is 0 Å². The molecule has 2 aliphatic rings. The van der Waals surface area contributed by atoms with Crippen LogP contribution >= 0.6 is 0 Å². The molecule has 0 radical (unpaired) electrons. The number of likely N-dealkylation sites (N-methyl/N-ethyl adjacent to an activating group) is 2. The van der Waals surface area contributed by atoms with Crippen molar-refractivity contribution in [3.8, 4) is 0 Å². The maximum absolute atomic E-state index is 3.75. The first kappa shape index (κ1) is 16.3. The molecule has 2 fully saturated rings. The number of rotatable bonds is 8.